The number of hydrogen-bond donors (Lipinski definition) is 1. The minimum Gasteiger partial charge on any atom is -0.379 e. The van der Waals surface area contributed by atoms with Crippen LogP contribution in [0.5, 0.6) is 0 Å². The Kier molecular flexibility index (Phi) is 6.42. The van der Waals surface area contributed by atoms with Gasteiger partial charge in [-0.1, -0.05) is 60.7 Å². The predicted octanol–water partition coefficient (Wildman–Crippen LogP) is 2.81. The molecule has 0 spiro atoms. The highest BCUT2D eigenvalue weighted by atomic mass is 16.2. The molecule has 0 atom stereocenters. The van der Waals surface area contributed by atoms with Crippen LogP contribution < -0.4 is 16.6 Å². The van der Waals surface area contributed by atoms with E-state index in [-0.39, 0.29) is 17.8 Å². The summed E-state index contributed by atoms with van der Waals surface area (Å²) in [7, 11) is 0. The van der Waals surface area contributed by atoms with E-state index in [9.17, 15) is 9.59 Å². The summed E-state index contributed by atoms with van der Waals surface area (Å²) < 4.78 is 4.89. The zero-order valence-corrected chi connectivity index (χ0v) is 17.2. The van der Waals surface area contributed by atoms with Crippen molar-refractivity contribution in [2.75, 3.05) is 11.9 Å². The van der Waals surface area contributed by atoms with E-state index in [1.807, 2.05) is 71.4 Å². The summed E-state index contributed by atoms with van der Waals surface area (Å²) in [5, 5.41) is 3.23. The molecular formula is C24H25N5O2. The van der Waals surface area contributed by atoms with Gasteiger partial charge in [-0.2, -0.15) is 0 Å². The lowest BCUT2D eigenvalue weighted by molar-refractivity contribution is 0.611. The third-order valence-electron chi connectivity index (χ3n) is 5.08. The second kappa shape index (κ2) is 9.75. The van der Waals surface area contributed by atoms with Gasteiger partial charge in [-0.05, 0) is 17.5 Å². The molecule has 4 aromatic rings. The number of anilines is 1. The van der Waals surface area contributed by atoms with Gasteiger partial charge in [0.25, 0.3) is 5.56 Å². The fourth-order valence-electron chi connectivity index (χ4n) is 3.48. The molecule has 2 aromatic heterocycles. The SMILES string of the molecule is O=c1c(NCCCn2ccnc2)cn(Cc2ccccc2)c(=O)n1Cc1ccccc1. The van der Waals surface area contributed by atoms with Crippen molar-refractivity contribution in [2.24, 2.45) is 0 Å². The lowest BCUT2D eigenvalue weighted by atomic mass is 10.2. The molecule has 7 nitrogen and oxygen atoms in total. The maximum Gasteiger partial charge on any atom is 0.331 e. The summed E-state index contributed by atoms with van der Waals surface area (Å²) in [6.45, 7) is 2.05. The van der Waals surface area contributed by atoms with E-state index in [0.717, 1.165) is 24.1 Å². The number of aryl methyl sites for hydroxylation is 1. The lowest BCUT2D eigenvalue weighted by Gasteiger charge is -2.15. The van der Waals surface area contributed by atoms with Crippen LogP contribution in [0, 0.1) is 0 Å². The average molecular weight is 415 g/mol. The van der Waals surface area contributed by atoms with Crippen LogP contribution in [0.15, 0.2) is 95.2 Å². The molecule has 2 aromatic carbocycles. The molecule has 0 radical (unpaired) electrons. The van der Waals surface area contributed by atoms with Gasteiger partial charge in [0.05, 0.1) is 19.4 Å². The van der Waals surface area contributed by atoms with Gasteiger partial charge in [-0.15, -0.1) is 0 Å². The summed E-state index contributed by atoms with van der Waals surface area (Å²) in [4.78, 5) is 30.3. The van der Waals surface area contributed by atoms with Gasteiger partial charge in [0.15, 0.2) is 0 Å². The molecule has 4 rings (SSSR count). The standard InChI is InChI=1S/C24H25N5O2/c30-23-22(26-12-7-14-27-15-13-25-19-27)18-28(16-20-8-3-1-4-9-20)24(31)29(23)17-21-10-5-2-6-11-21/h1-6,8-11,13,15,18-19,26H,7,12,14,16-17H2. The summed E-state index contributed by atoms with van der Waals surface area (Å²) in [5.41, 5.74) is 1.71. The van der Waals surface area contributed by atoms with Crippen molar-refractivity contribution in [3.63, 3.8) is 0 Å². The molecule has 1 N–H and O–H groups in total. The van der Waals surface area contributed by atoms with E-state index in [1.165, 1.54) is 4.57 Å². The predicted molar refractivity (Wildman–Crippen MR) is 121 cm³/mol. The zero-order valence-electron chi connectivity index (χ0n) is 17.2. The Morgan fingerprint density at radius 1 is 0.871 bits per heavy atom. The Morgan fingerprint density at radius 3 is 2.19 bits per heavy atom. The van der Waals surface area contributed by atoms with Crippen molar-refractivity contribution < 1.29 is 0 Å². The Labute approximate surface area is 180 Å². The van der Waals surface area contributed by atoms with E-state index in [0.29, 0.717) is 18.8 Å². The first kappa shape index (κ1) is 20.4. The molecule has 2 heterocycles. The third kappa shape index (κ3) is 5.19. The number of nitrogens with zero attached hydrogens (tertiary/aromatic N) is 4. The topological polar surface area (TPSA) is 73.8 Å². The van der Waals surface area contributed by atoms with E-state index >= 15 is 0 Å². The second-order valence-corrected chi connectivity index (χ2v) is 7.40. The Balaban J connectivity index is 1.60. The van der Waals surface area contributed by atoms with Crippen molar-refractivity contribution in [3.05, 3.63) is 118 Å². The smallest absolute Gasteiger partial charge is 0.331 e. The van der Waals surface area contributed by atoms with Gasteiger partial charge in [-0.25, -0.2) is 9.78 Å². The van der Waals surface area contributed by atoms with Gasteiger partial charge < -0.3 is 9.88 Å². The third-order valence-corrected chi connectivity index (χ3v) is 5.08. The molecule has 0 aliphatic rings. The normalized spacial score (nSPS) is 10.8. The lowest BCUT2D eigenvalue weighted by Crippen LogP contribution is -2.41. The Bertz CT molecular complexity index is 1210. The first-order valence-corrected chi connectivity index (χ1v) is 10.3. The molecule has 0 saturated carbocycles. The number of nitrogens with one attached hydrogen (secondary N) is 1. The van der Waals surface area contributed by atoms with Crippen molar-refractivity contribution in [1.29, 1.82) is 0 Å². The monoisotopic (exact) mass is 415 g/mol. The number of hydrogen-bond acceptors (Lipinski definition) is 4. The van der Waals surface area contributed by atoms with Gasteiger partial charge in [-0.3, -0.25) is 13.9 Å². The van der Waals surface area contributed by atoms with Crippen molar-refractivity contribution in [2.45, 2.75) is 26.1 Å². The molecule has 158 valence electrons. The van der Waals surface area contributed by atoms with Crippen LogP contribution in [0.25, 0.3) is 0 Å². The molecule has 0 aliphatic carbocycles. The highest BCUT2D eigenvalue weighted by Gasteiger charge is 2.12. The van der Waals surface area contributed by atoms with Crippen LogP contribution in [0.4, 0.5) is 5.69 Å². The van der Waals surface area contributed by atoms with Gasteiger partial charge in [0, 0.05) is 31.7 Å². The maximum absolute atomic E-state index is 13.1. The quantitative estimate of drug-likeness (QED) is 0.427. The van der Waals surface area contributed by atoms with Gasteiger partial charge in [0.2, 0.25) is 0 Å². The highest BCUT2D eigenvalue weighted by Crippen LogP contribution is 2.05. The number of rotatable bonds is 9. The minimum absolute atomic E-state index is 0.234. The first-order valence-electron chi connectivity index (χ1n) is 10.3. The average Bonchev–Trinajstić information content (AvgIpc) is 3.32. The second-order valence-electron chi connectivity index (χ2n) is 7.40. The number of imidazole rings is 1. The van der Waals surface area contributed by atoms with E-state index < -0.39 is 0 Å². The molecule has 0 fully saturated rings. The largest absolute Gasteiger partial charge is 0.379 e. The van der Waals surface area contributed by atoms with Gasteiger partial charge in [0.1, 0.15) is 5.69 Å². The highest BCUT2D eigenvalue weighted by molar-refractivity contribution is 5.38. The van der Waals surface area contributed by atoms with Crippen LogP contribution in [-0.4, -0.2) is 25.2 Å². The Hall–Kier alpha value is -3.87. The van der Waals surface area contributed by atoms with Crippen LogP contribution in [0.2, 0.25) is 0 Å². The zero-order chi connectivity index (χ0) is 21.5. The molecule has 31 heavy (non-hydrogen) atoms. The minimum atomic E-state index is -0.318. The summed E-state index contributed by atoms with van der Waals surface area (Å²) in [5.74, 6) is 0. The summed E-state index contributed by atoms with van der Waals surface area (Å²) >= 11 is 0. The van der Waals surface area contributed by atoms with Crippen LogP contribution in [0.3, 0.4) is 0 Å². The fraction of sp³-hybridized carbons (Fsp3) is 0.208. The first-order chi connectivity index (χ1) is 15.2. The van der Waals surface area contributed by atoms with Gasteiger partial charge >= 0.3 is 5.69 Å². The number of benzene rings is 2. The molecule has 0 aliphatic heterocycles. The summed E-state index contributed by atoms with van der Waals surface area (Å²) in [6.07, 6.45) is 7.89. The molecule has 0 unspecified atom stereocenters. The molecule has 0 amide bonds. The van der Waals surface area contributed by atoms with E-state index in [4.69, 9.17) is 0 Å². The van der Waals surface area contributed by atoms with E-state index in [1.54, 1.807) is 23.3 Å². The molecule has 0 bridgehead atoms. The maximum atomic E-state index is 13.1. The van der Waals surface area contributed by atoms with Crippen molar-refractivity contribution in [3.8, 4) is 0 Å². The fourth-order valence-corrected chi connectivity index (χ4v) is 3.48. The van der Waals surface area contributed by atoms with Crippen molar-refractivity contribution in [1.82, 2.24) is 18.7 Å². The number of aromatic nitrogens is 4. The van der Waals surface area contributed by atoms with Crippen LogP contribution in [-0.2, 0) is 19.6 Å². The van der Waals surface area contributed by atoms with Crippen LogP contribution >= 0.6 is 0 Å². The van der Waals surface area contributed by atoms with Crippen molar-refractivity contribution >= 4 is 5.69 Å². The molecule has 7 heteroatoms. The molecular weight excluding hydrogens is 390 g/mol. The van der Waals surface area contributed by atoms with E-state index in [2.05, 4.69) is 10.3 Å². The summed E-state index contributed by atoms with van der Waals surface area (Å²) in [6, 6.07) is 19.3. The molecule has 0 saturated heterocycles. The Morgan fingerprint density at radius 2 is 1.55 bits per heavy atom. The van der Waals surface area contributed by atoms with Crippen LogP contribution in [0.1, 0.15) is 17.5 Å².